The predicted octanol–water partition coefficient (Wildman–Crippen LogP) is 4.26. The van der Waals surface area contributed by atoms with Gasteiger partial charge in [0.1, 0.15) is 0 Å². The number of rotatable bonds is 6. The van der Waals surface area contributed by atoms with E-state index in [4.69, 9.17) is 0 Å². The Morgan fingerprint density at radius 3 is 1.69 bits per heavy atom. The highest BCUT2D eigenvalue weighted by atomic mass is 14.6. The lowest BCUT2D eigenvalue weighted by molar-refractivity contribution is 0.580. The summed E-state index contributed by atoms with van der Waals surface area (Å²) in [5.74, 6) is 1.55. The zero-order valence-corrected chi connectivity index (χ0v) is 11.2. The van der Waals surface area contributed by atoms with Crippen LogP contribution < -0.4 is 0 Å². The maximum atomic E-state index is 4.34. The second-order valence-electron chi connectivity index (χ2n) is 5.57. The first kappa shape index (κ1) is 13.2. The largest absolute Gasteiger partial charge is 0.264 e. The van der Waals surface area contributed by atoms with E-state index in [2.05, 4.69) is 38.7 Å². The summed E-state index contributed by atoms with van der Waals surface area (Å²) in [6, 6.07) is 2.33. The van der Waals surface area contributed by atoms with Gasteiger partial charge in [-0.05, 0) is 48.6 Å². The van der Waals surface area contributed by atoms with Crippen LogP contribution in [0.2, 0.25) is 0 Å². The quantitative estimate of drug-likeness (QED) is 0.696. The van der Waals surface area contributed by atoms with Crippen LogP contribution in [0.3, 0.4) is 0 Å². The van der Waals surface area contributed by atoms with Crippen LogP contribution in [0.1, 0.15) is 51.7 Å². The second-order valence-corrected chi connectivity index (χ2v) is 5.57. The summed E-state index contributed by atoms with van der Waals surface area (Å²) in [6.07, 6.45) is 8.88. The highest BCUT2D eigenvalue weighted by Gasteiger charge is 2.01. The summed E-state index contributed by atoms with van der Waals surface area (Å²) < 4.78 is 0. The van der Waals surface area contributed by atoms with Crippen LogP contribution in [0.4, 0.5) is 0 Å². The molecule has 0 unspecified atom stereocenters. The Balaban J connectivity index is 2.50. The van der Waals surface area contributed by atoms with E-state index in [1.165, 1.54) is 36.8 Å². The van der Waals surface area contributed by atoms with Crippen LogP contribution in [0.15, 0.2) is 18.5 Å². The monoisotopic (exact) mass is 219 g/mol. The van der Waals surface area contributed by atoms with Gasteiger partial charge in [-0.25, -0.2) is 0 Å². The van der Waals surface area contributed by atoms with Crippen LogP contribution in [0, 0.1) is 11.8 Å². The predicted molar refractivity (Wildman–Crippen MR) is 70.6 cm³/mol. The van der Waals surface area contributed by atoms with Crippen molar-refractivity contribution in [2.45, 2.75) is 53.4 Å². The number of pyridine rings is 1. The van der Waals surface area contributed by atoms with Crippen molar-refractivity contribution >= 4 is 0 Å². The molecule has 0 saturated carbocycles. The zero-order valence-electron chi connectivity index (χ0n) is 11.2. The van der Waals surface area contributed by atoms with Gasteiger partial charge in [0.2, 0.25) is 0 Å². The Labute approximate surface area is 100 Å². The lowest BCUT2D eigenvalue weighted by Crippen LogP contribution is -1.97. The summed E-state index contributed by atoms with van der Waals surface area (Å²) in [6.45, 7) is 9.10. The standard InChI is InChI=1S/C15H25N/c1-12(2)5-7-14-9-15(11-16-10-14)8-6-13(3)4/h9-13H,5-8H2,1-4H3. The number of aryl methyl sites for hydroxylation is 2. The molecular formula is C15H25N. The normalized spacial score (nSPS) is 11.4. The van der Waals surface area contributed by atoms with Crippen molar-refractivity contribution in [3.05, 3.63) is 29.6 Å². The van der Waals surface area contributed by atoms with Gasteiger partial charge in [-0.1, -0.05) is 33.8 Å². The molecule has 0 radical (unpaired) electrons. The highest BCUT2D eigenvalue weighted by molar-refractivity contribution is 5.18. The van der Waals surface area contributed by atoms with Gasteiger partial charge in [-0.15, -0.1) is 0 Å². The molecule has 1 rings (SSSR count). The molecule has 90 valence electrons. The molecule has 0 aliphatic heterocycles. The fourth-order valence-corrected chi connectivity index (χ4v) is 1.73. The summed E-state index contributed by atoms with van der Waals surface area (Å²) in [5.41, 5.74) is 2.80. The van der Waals surface area contributed by atoms with Crippen LogP contribution in [-0.2, 0) is 12.8 Å². The SMILES string of the molecule is CC(C)CCc1cncc(CCC(C)C)c1. The molecule has 0 aliphatic rings. The molecule has 0 N–H and O–H groups in total. The topological polar surface area (TPSA) is 12.9 Å². The molecule has 0 aromatic carbocycles. The number of aromatic nitrogens is 1. The van der Waals surface area contributed by atoms with E-state index in [9.17, 15) is 0 Å². The van der Waals surface area contributed by atoms with Gasteiger partial charge in [0.25, 0.3) is 0 Å². The minimum Gasteiger partial charge on any atom is -0.264 e. The molecule has 0 atom stereocenters. The molecule has 1 aromatic rings. The fraction of sp³-hybridized carbons (Fsp3) is 0.667. The van der Waals surface area contributed by atoms with Gasteiger partial charge in [-0.3, -0.25) is 4.98 Å². The van der Waals surface area contributed by atoms with E-state index in [1.54, 1.807) is 0 Å². The van der Waals surface area contributed by atoms with E-state index in [1.807, 2.05) is 12.4 Å². The molecule has 0 bridgehead atoms. The molecule has 0 saturated heterocycles. The van der Waals surface area contributed by atoms with E-state index < -0.39 is 0 Å². The van der Waals surface area contributed by atoms with Gasteiger partial charge in [0, 0.05) is 12.4 Å². The van der Waals surface area contributed by atoms with Crippen molar-refractivity contribution in [1.82, 2.24) is 4.98 Å². The Morgan fingerprint density at radius 2 is 1.31 bits per heavy atom. The van der Waals surface area contributed by atoms with Crippen molar-refractivity contribution < 1.29 is 0 Å². The lowest BCUT2D eigenvalue weighted by atomic mass is 10.00. The highest BCUT2D eigenvalue weighted by Crippen LogP contribution is 2.12. The number of hydrogen-bond acceptors (Lipinski definition) is 1. The molecule has 1 aromatic heterocycles. The average Bonchev–Trinajstić information content (AvgIpc) is 2.24. The van der Waals surface area contributed by atoms with Crippen LogP contribution in [0.5, 0.6) is 0 Å². The van der Waals surface area contributed by atoms with Crippen molar-refractivity contribution in [3.63, 3.8) is 0 Å². The molecule has 0 fully saturated rings. The summed E-state index contributed by atoms with van der Waals surface area (Å²) in [5, 5.41) is 0. The Bertz CT molecular complexity index is 275. The molecule has 0 amide bonds. The van der Waals surface area contributed by atoms with Gasteiger partial charge in [0.05, 0.1) is 0 Å². The van der Waals surface area contributed by atoms with E-state index in [0.29, 0.717) is 0 Å². The van der Waals surface area contributed by atoms with Crippen molar-refractivity contribution in [3.8, 4) is 0 Å². The molecule has 1 nitrogen and oxygen atoms in total. The van der Waals surface area contributed by atoms with Crippen molar-refractivity contribution in [2.75, 3.05) is 0 Å². The molecule has 1 heterocycles. The second kappa shape index (κ2) is 6.67. The zero-order chi connectivity index (χ0) is 12.0. The average molecular weight is 219 g/mol. The molecule has 0 aliphatic carbocycles. The lowest BCUT2D eigenvalue weighted by Gasteiger charge is -2.07. The number of nitrogens with zero attached hydrogens (tertiary/aromatic N) is 1. The van der Waals surface area contributed by atoms with E-state index >= 15 is 0 Å². The third-order valence-electron chi connectivity index (χ3n) is 2.87. The van der Waals surface area contributed by atoms with E-state index in [0.717, 1.165) is 11.8 Å². The van der Waals surface area contributed by atoms with Gasteiger partial charge in [-0.2, -0.15) is 0 Å². The first-order valence-corrected chi connectivity index (χ1v) is 6.50. The third-order valence-corrected chi connectivity index (χ3v) is 2.87. The Hall–Kier alpha value is -0.850. The first-order chi connectivity index (χ1) is 7.58. The first-order valence-electron chi connectivity index (χ1n) is 6.50. The smallest absolute Gasteiger partial charge is 0.0300 e. The third kappa shape index (κ3) is 5.29. The maximum Gasteiger partial charge on any atom is 0.0300 e. The Morgan fingerprint density at radius 1 is 0.875 bits per heavy atom. The van der Waals surface area contributed by atoms with Gasteiger partial charge in [0.15, 0.2) is 0 Å². The summed E-state index contributed by atoms with van der Waals surface area (Å²) >= 11 is 0. The molecule has 0 spiro atoms. The van der Waals surface area contributed by atoms with Crippen LogP contribution in [0.25, 0.3) is 0 Å². The molecule has 1 heteroatoms. The summed E-state index contributed by atoms with van der Waals surface area (Å²) in [4.78, 5) is 4.34. The number of hydrogen-bond donors (Lipinski definition) is 0. The van der Waals surface area contributed by atoms with Crippen LogP contribution >= 0.6 is 0 Å². The van der Waals surface area contributed by atoms with Crippen molar-refractivity contribution in [2.24, 2.45) is 11.8 Å². The molecular weight excluding hydrogens is 194 g/mol. The fourth-order valence-electron chi connectivity index (χ4n) is 1.73. The van der Waals surface area contributed by atoms with Gasteiger partial charge >= 0.3 is 0 Å². The Kier molecular flexibility index (Phi) is 5.51. The van der Waals surface area contributed by atoms with Gasteiger partial charge < -0.3 is 0 Å². The molecule has 16 heavy (non-hydrogen) atoms. The summed E-state index contributed by atoms with van der Waals surface area (Å²) in [7, 11) is 0. The van der Waals surface area contributed by atoms with Crippen LogP contribution in [-0.4, -0.2) is 4.98 Å². The minimum absolute atomic E-state index is 0.777. The minimum atomic E-state index is 0.777. The van der Waals surface area contributed by atoms with E-state index in [-0.39, 0.29) is 0 Å². The maximum absolute atomic E-state index is 4.34. The van der Waals surface area contributed by atoms with Crippen molar-refractivity contribution in [1.29, 1.82) is 0 Å².